The van der Waals surface area contributed by atoms with Crippen molar-refractivity contribution in [2.24, 2.45) is 17.8 Å². The van der Waals surface area contributed by atoms with Crippen LogP contribution in [0, 0.1) is 17.8 Å². The number of thiazole rings is 1. The number of nitrogens with one attached hydrogen (secondary N) is 6. The number of unbranched alkanes of at least 4 members (excludes halogenated alkanes) is 1. The summed E-state index contributed by atoms with van der Waals surface area (Å²) in [6, 6.07) is 1.69. The van der Waals surface area contributed by atoms with Crippen molar-refractivity contribution in [3.8, 4) is 5.75 Å². The zero-order valence-electron chi connectivity index (χ0n) is 56.0. The summed E-state index contributed by atoms with van der Waals surface area (Å²) in [5.74, 6) is -6.57. The van der Waals surface area contributed by atoms with Crippen LogP contribution in [0.4, 0.5) is 10.5 Å². The lowest BCUT2D eigenvalue weighted by Gasteiger charge is -2.38. The zero-order valence-corrected chi connectivity index (χ0v) is 56.8. The second kappa shape index (κ2) is 38.5. The van der Waals surface area contributed by atoms with Gasteiger partial charge in [0.15, 0.2) is 6.10 Å². The summed E-state index contributed by atoms with van der Waals surface area (Å²) in [6.07, 6.45) is 3.42. The lowest BCUT2D eigenvalue weighted by Crippen LogP contribution is -2.60. The number of aromatic hydroxyl groups is 1. The SMILES string of the molecule is CC[C@H](C)[C@H](NC(=O)C(C)(C)N(C)C)C(=O)N(C)[C@H](C[C@@H](OC(C)=O)c1nc(C(=O)N[C@@H](CCc2ccc(O)c(NC(=O)CCOCCOCCNC(=O)[C@H](CCCCNC(=O)OC(C)(C)C)NC(=O)CCCN3C(=O)C=CC3=O)c2)CC(C)C(=O)O)cs1)C(C)C. The van der Waals surface area contributed by atoms with Crippen molar-refractivity contribution < 1.29 is 81.9 Å². The van der Waals surface area contributed by atoms with Crippen LogP contribution in [0.3, 0.4) is 0 Å². The van der Waals surface area contributed by atoms with Crippen LogP contribution < -0.4 is 31.9 Å². The molecule has 1 aromatic heterocycles. The predicted molar refractivity (Wildman–Crippen MR) is 344 cm³/mol. The van der Waals surface area contributed by atoms with Crippen molar-refractivity contribution in [1.82, 2.24) is 46.3 Å². The summed E-state index contributed by atoms with van der Waals surface area (Å²) < 4.78 is 22.2. The van der Waals surface area contributed by atoms with E-state index >= 15 is 0 Å². The lowest BCUT2D eigenvalue weighted by molar-refractivity contribution is -0.149. The van der Waals surface area contributed by atoms with Gasteiger partial charge in [-0.3, -0.25) is 57.7 Å². The van der Waals surface area contributed by atoms with Gasteiger partial charge in [-0.1, -0.05) is 47.1 Å². The molecule has 0 fully saturated rings. The molecule has 3 rings (SSSR count). The fraction of sp³-hybridized carbons (Fsp3) is 0.656. The first-order chi connectivity index (χ1) is 43.1. The number of rotatable bonds is 41. The van der Waals surface area contributed by atoms with E-state index in [1.54, 1.807) is 77.7 Å². The minimum Gasteiger partial charge on any atom is -0.506 e. The number of alkyl carbamates (subject to hydrolysis) is 1. The second-order valence-corrected chi connectivity index (χ2v) is 26.0. The molecular formula is C64H100N10O17S. The summed E-state index contributed by atoms with van der Waals surface area (Å²) in [7, 11) is 5.23. The van der Waals surface area contributed by atoms with Gasteiger partial charge in [-0.05, 0) is 123 Å². The van der Waals surface area contributed by atoms with E-state index in [9.17, 15) is 63.0 Å². The number of aliphatic carboxylic acids is 1. The molecule has 1 aliphatic rings. The molecule has 1 aliphatic heterocycles. The summed E-state index contributed by atoms with van der Waals surface area (Å²) in [5, 5.41) is 39.1. The first-order valence-electron chi connectivity index (χ1n) is 31.4. The third-order valence-electron chi connectivity index (χ3n) is 15.7. The van der Waals surface area contributed by atoms with Crippen molar-refractivity contribution in [2.45, 2.75) is 188 Å². The Balaban J connectivity index is 1.55. The molecule has 2 aromatic rings. The molecule has 0 spiro atoms. The van der Waals surface area contributed by atoms with Crippen LogP contribution >= 0.6 is 11.3 Å². The Morgan fingerprint density at radius 3 is 2.05 bits per heavy atom. The van der Waals surface area contributed by atoms with Crippen LogP contribution in [-0.2, 0) is 68.5 Å². The smallest absolute Gasteiger partial charge is 0.407 e. The van der Waals surface area contributed by atoms with Crippen molar-refractivity contribution in [1.29, 1.82) is 0 Å². The number of phenolic OH excluding ortho intramolecular Hbond substituents is 1. The number of hydrogen-bond acceptors (Lipinski definition) is 19. The Morgan fingerprint density at radius 1 is 0.783 bits per heavy atom. The molecule has 0 saturated carbocycles. The van der Waals surface area contributed by atoms with Gasteiger partial charge >= 0.3 is 18.0 Å². The molecule has 1 aromatic carbocycles. The van der Waals surface area contributed by atoms with E-state index in [0.29, 0.717) is 36.3 Å². The van der Waals surface area contributed by atoms with Gasteiger partial charge in [0.25, 0.3) is 17.7 Å². The second-order valence-electron chi connectivity index (χ2n) is 25.1. The Morgan fingerprint density at radius 2 is 1.45 bits per heavy atom. The number of likely N-dealkylation sites (N-methyl/N-ethyl adjacent to an activating group) is 2. The van der Waals surface area contributed by atoms with E-state index in [0.717, 1.165) is 28.4 Å². The van der Waals surface area contributed by atoms with Crippen LogP contribution in [0.1, 0.15) is 168 Å². The van der Waals surface area contributed by atoms with Gasteiger partial charge in [-0.15, -0.1) is 11.3 Å². The highest BCUT2D eigenvalue weighted by Crippen LogP contribution is 2.32. The number of esters is 1. The summed E-state index contributed by atoms with van der Waals surface area (Å²) in [6.45, 7) is 20.0. The van der Waals surface area contributed by atoms with E-state index in [4.69, 9.17) is 18.9 Å². The quantitative estimate of drug-likeness (QED) is 0.0179. The largest absolute Gasteiger partial charge is 0.506 e. The highest BCUT2D eigenvalue weighted by molar-refractivity contribution is 7.09. The minimum absolute atomic E-state index is 0.00396. The average Bonchev–Trinajstić information content (AvgIpc) is 1.23. The van der Waals surface area contributed by atoms with Crippen molar-refractivity contribution in [3.63, 3.8) is 0 Å². The third kappa shape index (κ3) is 27.3. The number of ether oxygens (including phenoxy) is 4. The van der Waals surface area contributed by atoms with Gasteiger partial charge in [0, 0.05) is 76.1 Å². The third-order valence-corrected chi connectivity index (χ3v) is 16.6. The molecule has 0 saturated heterocycles. The number of carboxylic acid groups (broad SMARTS) is 1. The van der Waals surface area contributed by atoms with Crippen LogP contribution in [-0.4, -0.2) is 198 Å². The predicted octanol–water partition coefficient (Wildman–Crippen LogP) is 5.40. The van der Waals surface area contributed by atoms with E-state index in [1.165, 1.54) is 25.3 Å². The molecule has 514 valence electrons. The van der Waals surface area contributed by atoms with Crippen LogP contribution in [0.15, 0.2) is 35.7 Å². The molecule has 27 nitrogen and oxygen atoms in total. The van der Waals surface area contributed by atoms with E-state index in [-0.39, 0.29) is 132 Å². The fourth-order valence-electron chi connectivity index (χ4n) is 9.47. The number of carbonyl (C=O) groups excluding carboxylic acids is 10. The maximum Gasteiger partial charge on any atom is 0.407 e. The zero-order chi connectivity index (χ0) is 69.0. The van der Waals surface area contributed by atoms with Crippen molar-refractivity contribution in [2.75, 3.05) is 72.5 Å². The number of carboxylic acids is 1. The summed E-state index contributed by atoms with van der Waals surface area (Å²) >= 11 is 1.09. The maximum atomic E-state index is 14.3. The molecule has 28 heteroatoms. The van der Waals surface area contributed by atoms with Gasteiger partial charge < -0.3 is 66.0 Å². The molecule has 8 N–H and O–H groups in total. The first-order valence-corrected chi connectivity index (χ1v) is 32.3. The van der Waals surface area contributed by atoms with E-state index in [2.05, 4.69) is 36.9 Å². The first kappa shape index (κ1) is 78.7. The minimum atomic E-state index is -1.07. The van der Waals surface area contributed by atoms with Gasteiger partial charge in [-0.25, -0.2) is 9.78 Å². The van der Waals surface area contributed by atoms with Gasteiger partial charge in [0.05, 0.1) is 50.0 Å². The van der Waals surface area contributed by atoms with E-state index < -0.39 is 101 Å². The Hall–Kier alpha value is -7.56. The molecule has 2 heterocycles. The number of aryl methyl sites for hydroxylation is 1. The van der Waals surface area contributed by atoms with Gasteiger partial charge in [0.2, 0.25) is 29.5 Å². The van der Waals surface area contributed by atoms with E-state index in [1.807, 2.05) is 27.7 Å². The lowest BCUT2D eigenvalue weighted by atomic mass is 9.92. The molecule has 92 heavy (non-hydrogen) atoms. The van der Waals surface area contributed by atoms with Gasteiger partial charge in [-0.2, -0.15) is 0 Å². The number of amides is 9. The molecular weight excluding hydrogens is 1210 g/mol. The molecule has 0 aliphatic carbocycles. The normalized spacial score (nSPS) is 14.8. The topological polar surface area (TPSA) is 360 Å². The number of phenols is 1. The molecule has 1 unspecified atom stereocenters. The Kier molecular flexibility index (Phi) is 32.9. The number of nitrogens with zero attached hydrogens (tertiary/aromatic N) is 4. The maximum absolute atomic E-state index is 14.3. The van der Waals surface area contributed by atoms with Crippen LogP contribution in [0.2, 0.25) is 0 Å². The fourth-order valence-corrected chi connectivity index (χ4v) is 10.3. The molecule has 7 atom stereocenters. The number of hydrogen-bond donors (Lipinski definition) is 8. The standard InChI is InChI=1S/C64H100N10O17S/c1-15-40(4)55(71-61(86)64(10,11)72(12)13)59(83)73(14)48(39(2)3)37-50(90-42(6)75)58-70-47(38-92-58)57(82)67-44(35-41(5)60(84)85)23-21-43-22-24-49(76)46(36-43)69-52(78)27-31-88-33-34-89-32-29-65-56(81)45(19-16-17-28-66-62(87)91-63(7,8)9)68-51(77)20-18-30-74-53(79)25-26-54(74)80/h22,24-26,36,38-41,44-45,48,50,55,76H,15-21,23,27-35,37H2,1-14H3,(H,65,81)(H,66,87)(H,67,82)(H,68,77)(H,69,78)(H,71,86)(H,84,85)/t40-,41?,44-,45-,48+,50+,55-/m0/s1. The number of carbonyl (C=O) groups is 11. The number of anilines is 1. The number of benzene rings is 1. The van der Waals surface area contributed by atoms with Crippen LogP contribution in [0.5, 0.6) is 5.75 Å². The summed E-state index contributed by atoms with van der Waals surface area (Å²) in [5.41, 5.74) is -0.778. The monoisotopic (exact) mass is 1310 g/mol. The molecule has 0 bridgehead atoms. The van der Waals surface area contributed by atoms with Crippen LogP contribution in [0.25, 0.3) is 0 Å². The average molecular weight is 1310 g/mol. The van der Waals surface area contributed by atoms with Gasteiger partial charge in [0.1, 0.15) is 34.1 Å². The highest BCUT2D eigenvalue weighted by Gasteiger charge is 2.39. The number of aromatic nitrogens is 1. The molecule has 0 radical (unpaired) electrons. The highest BCUT2D eigenvalue weighted by atomic mass is 32.1. The Labute approximate surface area is 544 Å². The summed E-state index contributed by atoms with van der Waals surface area (Å²) in [4.78, 5) is 150. The van der Waals surface area contributed by atoms with Crippen molar-refractivity contribution >= 4 is 82.3 Å². The number of imide groups is 1. The molecule has 9 amide bonds. The van der Waals surface area contributed by atoms with Crippen molar-refractivity contribution in [3.05, 3.63) is 52.0 Å². The Bertz CT molecular complexity index is 2840.